The highest BCUT2D eigenvalue weighted by Gasteiger charge is 2.47. The molecule has 0 bridgehead atoms. The lowest BCUT2D eigenvalue weighted by Crippen LogP contribution is -2.62. The number of anilines is 1. The summed E-state index contributed by atoms with van der Waals surface area (Å²) >= 11 is 1.37. The lowest BCUT2D eigenvalue weighted by atomic mass is 10.0. The van der Waals surface area contributed by atoms with Gasteiger partial charge in [0.25, 0.3) is 0 Å². The van der Waals surface area contributed by atoms with Gasteiger partial charge in [0.2, 0.25) is 11.8 Å². The van der Waals surface area contributed by atoms with Crippen molar-refractivity contribution in [2.45, 2.75) is 38.6 Å². The number of carbonyl (C=O) groups excluding carboxylic acids is 4. The Hall–Kier alpha value is -3.39. The first kappa shape index (κ1) is 22.8. The highest BCUT2D eigenvalue weighted by Crippen LogP contribution is 2.35. The number of fused-ring (bicyclic) bond motifs is 1. The number of urea groups is 1. The van der Waals surface area contributed by atoms with Gasteiger partial charge < -0.3 is 10.2 Å². The molecule has 4 rings (SSSR count). The maximum Gasteiger partial charge on any atom is 0.328 e. The van der Waals surface area contributed by atoms with Gasteiger partial charge in [0, 0.05) is 11.3 Å². The van der Waals surface area contributed by atoms with Crippen molar-refractivity contribution in [3.8, 4) is 0 Å². The van der Waals surface area contributed by atoms with Crippen LogP contribution in [0, 0.1) is 13.8 Å². The third kappa shape index (κ3) is 4.71. The minimum atomic E-state index is -0.478. The number of benzene rings is 2. The fourth-order valence-electron chi connectivity index (χ4n) is 3.94. The summed E-state index contributed by atoms with van der Waals surface area (Å²) in [6.45, 7) is 5.45. The molecule has 0 aromatic heterocycles. The Morgan fingerprint density at radius 1 is 1.03 bits per heavy atom. The molecule has 2 aromatic rings. The number of thioether (sulfide) groups is 1. The highest BCUT2D eigenvalue weighted by atomic mass is 32.2. The number of imide groups is 1. The number of nitrogens with zero attached hydrogens (tertiary/aromatic N) is 2. The summed E-state index contributed by atoms with van der Waals surface area (Å²) in [5.74, 6) is -0.671. The standard InChI is InChI=1S/C25H25N3O4S/c1-15-4-5-18(12-16(15)2)13-28-24(31)23-21(10-11-33-23)27(25(28)32)14-22(30)26-20-8-6-19(7-9-20)17(3)29/h4-12,21,23H,13-14H2,1-3H3,(H,26,30). The van der Waals surface area contributed by atoms with E-state index in [0.717, 1.165) is 16.7 Å². The molecule has 1 N–H and O–H groups in total. The van der Waals surface area contributed by atoms with E-state index in [9.17, 15) is 19.2 Å². The molecular formula is C25H25N3O4S. The lowest BCUT2D eigenvalue weighted by Gasteiger charge is -2.41. The monoisotopic (exact) mass is 463 g/mol. The number of carbonyl (C=O) groups is 4. The van der Waals surface area contributed by atoms with E-state index < -0.39 is 17.3 Å². The van der Waals surface area contributed by atoms with Gasteiger partial charge in [0.05, 0.1) is 12.6 Å². The van der Waals surface area contributed by atoms with Gasteiger partial charge in [-0.25, -0.2) is 4.79 Å². The van der Waals surface area contributed by atoms with Crippen LogP contribution < -0.4 is 5.32 Å². The fraction of sp³-hybridized carbons (Fsp3) is 0.280. The van der Waals surface area contributed by atoms with Crippen LogP contribution in [0.25, 0.3) is 0 Å². The molecule has 2 aliphatic heterocycles. The third-order valence-electron chi connectivity index (χ3n) is 5.96. The Morgan fingerprint density at radius 2 is 1.76 bits per heavy atom. The van der Waals surface area contributed by atoms with Gasteiger partial charge in [-0.1, -0.05) is 24.3 Å². The Labute approximate surface area is 196 Å². The third-order valence-corrected chi connectivity index (χ3v) is 7.05. The van der Waals surface area contributed by atoms with Gasteiger partial charge in [-0.15, -0.1) is 11.8 Å². The van der Waals surface area contributed by atoms with Crippen molar-refractivity contribution in [1.82, 2.24) is 9.80 Å². The Kier molecular flexibility index (Phi) is 6.37. The van der Waals surface area contributed by atoms with E-state index in [4.69, 9.17) is 0 Å². The number of nitrogens with one attached hydrogen (secondary N) is 1. The first-order chi connectivity index (χ1) is 15.7. The molecule has 8 heteroatoms. The average molecular weight is 464 g/mol. The number of ketones is 1. The van der Waals surface area contributed by atoms with Crippen LogP contribution >= 0.6 is 11.8 Å². The van der Waals surface area contributed by atoms with Crippen LogP contribution in [0.15, 0.2) is 53.9 Å². The fourth-order valence-corrected chi connectivity index (χ4v) is 5.00. The Morgan fingerprint density at radius 3 is 2.42 bits per heavy atom. The van der Waals surface area contributed by atoms with Gasteiger partial charge in [-0.2, -0.15) is 0 Å². The number of Topliss-reactive ketones (excluding diaryl/α,β-unsaturated/α-hetero) is 1. The van der Waals surface area contributed by atoms with Crippen molar-refractivity contribution in [1.29, 1.82) is 0 Å². The largest absolute Gasteiger partial charge is 0.328 e. The quantitative estimate of drug-likeness (QED) is 0.657. The number of amides is 4. The molecule has 33 heavy (non-hydrogen) atoms. The summed E-state index contributed by atoms with van der Waals surface area (Å²) < 4.78 is 0. The minimum Gasteiger partial charge on any atom is -0.325 e. The summed E-state index contributed by atoms with van der Waals surface area (Å²) in [5, 5.41) is 4.12. The maximum absolute atomic E-state index is 13.3. The van der Waals surface area contributed by atoms with E-state index in [1.807, 2.05) is 37.5 Å². The van der Waals surface area contributed by atoms with E-state index in [-0.39, 0.29) is 30.7 Å². The molecule has 0 spiro atoms. The molecule has 1 fully saturated rings. The molecule has 2 heterocycles. The molecule has 2 atom stereocenters. The van der Waals surface area contributed by atoms with E-state index in [0.29, 0.717) is 11.3 Å². The van der Waals surface area contributed by atoms with Crippen molar-refractivity contribution >= 4 is 41.1 Å². The number of rotatable bonds is 6. The lowest BCUT2D eigenvalue weighted by molar-refractivity contribution is -0.132. The maximum atomic E-state index is 13.3. The zero-order chi connectivity index (χ0) is 23.7. The van der Waals surface area contributed by atoms with Crippen LogP contribution in [0.4, 0.5) is 10.5 Å². The second-order valence-electron chi connectivity index (χ2n) is 8.31. The van der Waals surface area contributed by atoms with Gasteiger partial charge in [-0.05, 0) is 67.1 Å². The molecule has 1 saturated heterocycles. The summed E-state index contributed by atoms with van der Waals surface area (Å²) in [6, 6.07) is 11.5. The molecule has 2 unspecified atom stereocenters. The molecular weight excluding hydrogens is 438 g/mol. The van der Waals surface area contributed by atoms with Gasteiger partial charge in [0.15, 0.2) is 5.78 Å². The van der Waals surface area contributed by atoms with Crippen molar-refractivity contribution in [2.24, 2.45) is 0 Å². The topological polar surface area (TPSA) is 86.8 Å². The second-order valence-corrected chi connectivity index (χ2v) is 9.36. The molecule has 4 amide bonds. The van der Waals surface area contributed by atoms with Gasteiger partial charge in [-0.3, -0.25) is 19.3 Å². The van der Waals surface area contributed by atoms with Crippen molar-refractivity contribution in [3.63, 3.8) is 0 Å². The Balaban J connectivity index is 1.50. The van der Waals surface area contributed by atoms with Gasteiger partial charge >= 0.3 is 6.03 Å². The number of aryl methyl sites for hydroxylation is 2. The smallest absolute Gasteiger partial charge is 0.325 e. The summed E-state index contributed by atoms with van der Waals surface area (Å²) in [7, 11) is 0. The molecule has 170 valence electrons. The van der Waals surface area contributed by atoms with Crippen LogP contribution in [0.2, 0.25) is 0 Å². The summed E-state index contributed by atoms with van der Waals surface area (Å²) in [4.78, 5) is 53.3. The van der Waals surface area contributed by atoms with E-state index in [2.05, 4.69) is 5.32 Å². The van der Waals surface area contributed by atoms with Crippen LogP contribution in [0.3, 0.4) is 0 Å². The van der Waals surface area contributed by atoms with E-state index >= 15 is 0 Å². The summed E-state index contributed by atoms with van der Waals surface area (Å²) in [6.07, 6.45) is 1.80. The first-order valence-electron chi connectivity index (χ1n) is 10.7. The minimum absolute atomic E-state index is 0.0584. The molecule has 0 aliphatic carbocycles. The van der Waals surface area contributed by atoms with E-state index in [1.54, 1.807) is 30.3 Å². The van der Waals surface area contributed by atoms with Crippen molar-refractivity contribution < 1.29 is 19.2 Å². The van der Waals surface area contributed by atoms with Crippen molar-refractivity contribution in [2.75, 3.05) is 11.9 Å². The predicted octanol–water partition coefficient (Wildman–Crippen LogP) is 3.91. The molecule has 7 nitrogen and oxygen atoms in total. The molecule has 0 radical (unpaired) electrons. The SMILES string of the molecule is CC(=O)c1ccc(NC(=O)CN2C(=O)N(Cc3ccc(C)c(C)c3)C(=O)C3SC=CC32)cc1. The second kappa shape index (κ2) is 9.23. The normalized spacial score (nSPS) is 19.6. The molecule has 2 aromatic carbocycles. The summed E-state index contributed by atoms with van der Waals surface area (Å²) in [5.41, 5.74) is 4.18. The zero-order valence-corrected chi connectivity index (χ0v) is 19.5. The van der Waals surface area contributed by atoms with Crippen LogP contribution in [-0.4, -0.2) is 51.3 Å². The number of hydrogen-bond donors (Lipinski definition) is 1. The van der Waals surface area contributed by atoms with Gasteiger partial charge in [0.1, 0.15) is 11.8 Å². The predicted molar refractivity (Wildman–Crippen MR) is 128 cm³/mol. The van der Waals surface area contributed by atoms with E-state index in [1.165, 1.54) is 28.5 Å². The zero-order valence-electron chi connectivity index (χ0n) is 18.7. The highest BCUT2D eigenvalue weighted by molar-refractivity contribution is 8.03. The molecule has 0 saturated carbocycles. The van der Waals surface area contributed by atoms with Crippen molar-refractivity contribution in [3.05, 3.63) is 76.2 Å². The first-order valence-corrected chi connectivity index (χ1v) is 11.6. The Bertz CT molecular complexity index is 1160. The number of hydrogen-bond acceptors (Lipinski definition) is 5. The molecule has 2 aliphatic rings. The average Bonchev–Trinajstić information content (AvgIpc) is 3.27. The van der Waals surface area contributed by atoms with Crippen LogP contribution in [0.1, 0.15) is 34.0 Å². The van der Waals surface area contributed by atoms with Crippen LogP contribution in [-0.2, 0) is 16.1 Å². The van der Waals surface area contributed by atoms with Crippen LogP contribution in [0.5, 0.6) is 0 Å².